The molecule has 1 atom stereocenters. The molecule has 2 rings (SSSR count). The maximum atomic E-state index is 5.95. The zero-order chi connectivity index (χ0) is 12.3. The van der Waals surface area contributed by atoms with Crippen LogP contribution in [-0.4, -0.2) is 19.2 Å². The van der Waals surface area contributed by atoms with E-state index >= 15 is 0 Å². The molecule has 0 spiro atoms. The van der Waals surface area contributed by atoms with Gasteiger partial charge in [0.25, 0.3) is 0 Å². The number of fused-ring (bicyclic) bond motifs is 1. The van der Waals surface area contributed by atoms with Gasteiger partial charge in [-0.15, -0.1) is 0 Å². The average molecular weight is 252 g/mol. The van der Waals surface area contributed by atoms with Crippen molar-refractivity contribution in [3.63, 3.8) is 0 Å². The Kier molecular flexibility index (Phi) is 4.08. The minimum absolute atomic E-state index is 0.231. The van der Waals surface area contributed by atoms with Gasteiger partial charge in [0.1, 0.15) is 11.9 Å². The maximum absolute atomic E-state index is 5.95. The van der Waals surface area contributed by atoms with Crippen LogP contribution in [-0.2, 0) is 6.42 Å². The Balaban J connectivity index is 1.82. The number of ether oxygens (including phenoxy) is 1. The van der Waals surface area contributed by atoms with E-state index in [1.54, 1.807) is 0 Å². The smallest absolute Gasteiger partial charge is 0.123 e. The molecule has 1 aliphatic rings. The highest BCUT2D eigenvalue weighted by molar-refractivity contribution is 6.30. The van der Waals surface area contributed by atoms with Gasteiger partial charge in [-0.1, -0.05) is 23.3 Å². The number of rotatable bonds is 4. The highest BCUT2D eigenvalue weighted by atomic mass is 35.5. The summed E-state index contributed by atoms with van der Waals surface area (Å²) in [6.07, 6.45) is 3.35. The average Bonchev–Trinajstić information content (AvgIpc) is 2.66. The molecule has 1 aromatic carbocycles. The minimum atomic E-state index is 0.231. The highest BCUT2D eigenvalue weighted by Gasteiger charge is 2.22. The van der Waals surface area contributed by atoms with E-state index in [9.17, 15) is 0 Å². The van der Waals surface area contributed by atoms with Crippen LogP contribution < -0.4 is 10.1 Å². The third-order valence-electron chi connectivity index (χ3n) is 2.79. The van der Waals surface area contributed by atoms with E-state index < -0.39 is 0 Å². The van der Waals surface area contributed by atoms with Crippen LogP contribution in [0.2, 0.25) is 5.02 Å². The third kappa shape index (κ3) is 3.48. The number of allylic oxidation sites excluding steroid dienone is 1. The second kappa shape index (κ2) is 5.56. The summed E-state index contributed by atoms with van der Waals surface area (Å²) in [5, 5.41) is 4.16. The van der Waals surface area contributed by atoms with Gasteiger partial charge in [0, 0.05) is 24.5 Å². The number of hydrogen-bond acceptors (Lipinski definition) is 2. The van der Waals surface area contributed by atoms with Gasteiger partial charge in [0.15, 0.2) is 0 Å². The predicted octanol–water partition coefficient (Wildman–Crippen LogP) is 3.20. The normalized spacial score (nSPS) is 17.5. The first-order valence-corrected chi connectivity index (χ1v) is 6.32. The van der Waals surface area contributed by atoms with E-state index in [1.807, 2.05) is 18.2 Å². The van der Waals surface area contributed by atoms with Crippen molar-refractivity contribution in [2.45, 2.75) is 26.4 Å². The van der Waals surface area contributed by atoms with Crippen molar-refractivity contribution in [3.8, 4) is 5.75 Å². The van der Waals surface area contributed by atoms with Crippen molar-refractivity contribution in [3.05, 3.63) is 40.4 Å². The standard InChI is InChI=1S/C14H18ClNO/c1-10(2)5-6-16-9-13-8-11-7-12(15)3-4-14(11)17-13/h3-5,7,13,16H,6,8-9H2,1-2H3. The van der Waals surface area contributed by atoms with Crippen molar-refractivity contribution in [2.24, 2.45) is 0 Å². The van der Waals surface area contributed by atoms with Gasteiger partial charge in [0.05, 0.1) is 0 Å². The summed E-state index contributed by atoms with van der Waals surface area (Å²) < 4.78 is 5.83. The lowest BCUT2D eigenvalue weighted by Gasteiger charge is -2.10. The SMILES string of the molecule is CC(C)=CCNCC1Cc2cc(Cl)ccc2O1. The van der Waals surface area contributed by atoms with E-state index in [0.717, 1.165) is 30.3 Å². The number of nitrogens with one attached hydrogen (secondary N) is 1. The monoisotopic (exact) mass is 251 g/mol. The molecule has 1 heterocycles. The Morgan fingerprint density at radius 2 is 2.35 bits per heavy atom. The summed E-state index contributed by atoms with van der Waals surface area (Å²) in [5.74, 6) is 0.975. The molecular formula is C14H18ClNO. The van der Waals surface area contributed by atoms with Gasteiger partial charge in [0.2, 0.25) is 0 Å². The molecule has 0 saturated heterocycles. The van der Waals surface area contributed by atoms with Gasteiger partial charge >= 0.3 is 0 Å². The molecule has 3 heteroatoms. The van der Waals surface area contributed by atoms with E-state index in [1.165, 1.54) is 11.1 Å². The second-order valence-electron chi connectivity index (χ2n) is 4.64. The summed E-state index contributed by atoms with van der Waals surface area (Å²) >= 11 is 5.95. The van der Waals surface area contributed by atoms with Crippen LogP contribution in [0.3, 0.4) is 0 Å². The summed E-state index contributed by atoms with van der Waals surface area (Å²) in [7, 11) is 0. The van der Waals surface area contributed by atoms with E-state index in [0.29, 0.717) is 0 Å². The second-order valence-corrected chi connectivity index (χ2v) is 5.07. The van der Waals surface area contributed by atoms with Crippen molar-refractivity contribution < 1.29 is 4.74 Å². The first-order chi connectivity index (χ1) is 8.15. The number of halogens is 1. The molecule has 0 bridgehead atoms. The summed E-state index contributed by atoms with van der Waals surface area (Å²) in [5.41, 5.74) is 2.55. The van der Waals surface area contributed by atoms with Crippen LogP contribution >= 0.6 is 11.6 Å². The molecule has 0 aliphatic carbocycles. The molecule has 1 N–H and O–H groups in total. The fourth-order valence-corrected chi connectivity index (χ4v) is 2.12. The van der Waals surface area contributed by atoms with Crippen molar-refractivity contribution in [2.75, 3.05) is 13.1 Å². The van der Waals surface area contributed by atoms with E-state index in [4.69, 9.17) is 16.3 Å². The third-order valence-corrected chi connectivity index (χ3v) is 3.03. The topological polar surface area (TPSA) is 21.3 Å². The Labute approximate surface area is 108 Å². The first kappa shape index (κ1) is 12.5. The molecular weight excluding hydrogens is 234 g/mol. The lowest BCUT2D eigenvalue weighted by molar-refractivity contribution is 0.229. The Morgan fingerprint density at radius 1 is 1.53 bits per heavy atom. The Morgan fingerprint density at radius 3 is 3.12 bits per heavy atom. The minimum Gasteiger partial charge on any atom is -0.488 e. The molecule has 0 radical (unpaired) electrons. The van der Waals surface area contributed by atoms with Gasteiger partial charge in [-0.2, -0.15) is 0 Å². The highest BCUT2D eigenvalue weighted by Crippen LogP contribution is 2.30. The van der Waals surface area contributed by atoms with Crippen LogP contribution in [0.1, 0.15) is 19.4 Å². The zero-order valence-electron chi connectivity index (χ0n) is 10.3. The summed E-state index contributed by atoms with van der Waals surface area (Å²) in [6.45, 7) is 5.98. The van der Waals surface area contributed by atoms with E-state index in [-0.39, 0.29) is 6.10 Å². The number of benzene rings is 1. The van der Waals surface area contributed by atoms with Gasteiger partial charge < -0.3 is 10.1 Å². The zero-order valence-corrected chi connectivity index (χ0v) is 11.1. The van der Waals surface area contributed by atoms with Gasteiger partial charge in [-0.05, 0) is 37.6 Å². The van der Waals surface area contributed by atoms with Crippen molar-refractivity contribution >= 4 is 11.6 Å². The Bertz CT molecular complexity index is 424. The fourth-order valence-electron chi connectivity index (χ4n) is 1.92. The quantitative estimate of drug-likeness (QED) is 0.656. The van der Waals surface area contributed by atoms with E-state index in [2.05, 4.69) is 25.2 Å². The molecule has 92 valence electrons. The van der Waals surface area contributed by atoms with Crippen LogP contribution in [0, 0.1) is 0 Å². The molecule has 1 unspecified atom stereocenters. The fraction of sp³-hybridized carbons (Fsp3) is 0.429. The van der Waals surface area contributed by atoms with Crippen LogP contribution in [0.15, 0.2) is 29.8 Å². The molecule has 1 aliphatic heterocycles. The van der Waals surface area contributed by atoms with Crippen LogP contribution in [0.5, 0.6) is 5.75 Å². The van der Waals surface area contributed by atoms with Crippen molar-refractivity contribution in [1.82, 2.24) is 5.32 Å². The lowest BCUT2D eigenvalue weighted by atomic mass is 10.1. The number of hydrogen-bond donors (Lipinski definition) is 1. The molecule has 1 aromatic rings. The molecule has 17 heavy (non-hydrogen) atoms. The maximum Gasteiger partial charge on any atom is 0.123 e. The van der Waals surface area contributed by atoms with Crippen LogP contribution in [0.25, 0.3) is 0 Å². The lowest BCUT2D eigenvalue weighted by Crippen LogP contribution is -2.30. The first-order valence-electron chi connectivity index (χ1n) is 5.94. The summed E-state index contributed by atoms with van der Waals surface area (Å²) in [4.78, 5) is 0. The molecule has 0 aromatic heterocycles. The van der Waals surface area contributed by atoms with Crippen LogP contribution in [0.4, 0.5) is 0 Å². The molecule has 0 amide bonds. The van der Waals surface area contributed by atoms with Crippen molar-refractivity contribution in [1.29, 1.82) is 0 Å². The Hall–Kier alpha value is -0.990. The summed E-state index contributed by atoms with van der Waals surface area (Å²) in [6, 6.07) is 5.82. The molecule has 0 fully saturated rings. The predicted molar refractivity (Wildman–Crippen MR) is 71.9 cm³/mol. The molecule has 2 nitrogen and oxygen atoms in total. The van der Waals surface area contributed by atoms with Gasteiger partial charge in [-0.3, -0.25) is 0 Å². The largest absolute Gasteiger partial charge is 0.488 e. The van der Waals surface area contributed by atoms with Gasteiger partial charge in [-0.25, -0.2) is 0 Å². The molecule has 0 saturated carbocycles.